The van der Waals surface area contributed by atoms with Crippen molar-refractivity contribution in [3.63, 3.8) is 0 Å². The Morgan fingerprint density at radius 1 is 1.26 bits per heavy atom. The normalized spacial score (nSPS) is 11.4. The first-order chi connectivity index (χ1) is 13.0. The highest BCUT2D eigenvalue weighted by Crippen LogP contribution is 2.18. The van der Waals surface area contributed by atoms with Crippen molar-refractivity contribution in [2.45, 2.75) is 6.42 Å². The van der Waals surface area contributed by atoms with Crippen molar-refractivity contribution in [2.75, 3.05) is 7.05 Å². The van der Waals surface area contributed by atoms with Crippen molar-refractivity contribution >= 4 is 27.7 Å². The Morgan fingerprint density at radius 3 is 2.67 bits per heavy atom. The number of aromatic nitrogens is 4. The van der Waals surface area contributed by atoms with Crippen LogP contribution >= 0.6 is 15.9 Å². The van der Waals surface area contributed by atoms with E-state index in [9.17, 15) is 4.79 Å². The minimum Gasteiger partial charge on any atom is -0.476 e. The van der Waals surface area contributed by atoms with Gasteiger partial charge in [0.1, 0.15) is 11.3 Å². The number of hydrogen-bond donors (Lipinski definition) is 2. The Labute approximate surface area is 162 Å². The summed E-state index contributed by atoms with van der Waals surface area (Å²) < 4.78 is 2.03. The Morgan fingerprint density at radius 2 is 2.00 bits per heavy atom. The molecule has 0 saturated heterocycles. The fraction of sp³-hybridized carbons (Fsp3) is 0.111. The van der Waals surface area contributed by atoms with Crippen LogP contribution in [0.4, 0.5) is 0 Å². The molecule has 9 heteroatoms. The number of hydrogen-bond acceptors (Lipinski definition) is 6. The minimum atomic E-state index is -1.16. The van der Waals surface area contributed by atoms with E-state index in [2.05, 4.69) is 36.0 Å². The van der Waals surface area contributed by atoms with E-state index in [1.807, 2.05) is 24.3 Å². The van der Waals surface area contributed by atoms with E-state index in [0.717, 1.165) is 15.6 Å². The average Bonchev–Trinajstić information content (AvgIpc) is 2.67. The first-order valence-corrected chi connectivity index (χ1v) is 8.68. The molecule has 0 radical (unpaired) electrons. The van der Waals surface area contributed by atoms with Gasteiger partial charge in [-0.2, -0.15) is 5.10 Å². The zero-order valence-electron chi connectivity index (χ0n) is 14.3. The second kappa shape index (κ2) is 8.00. The lowest BCUT2D eigenvalue weighted by molar-refractivity contribution is 0.0688. The molecule has 0 saturated carbocycles. The maximum Gasteiger partial charge on any atom is 0.356 e. The Kier molecular flexibility index (Phi) is 5.51. The summed E-state index contributed by atoms with van der Waals surface area (Å²) in [5.41, 5.74) is 1.66. The zero-order valence-corrected chi connectivity index (χ0v) is 15.9. The van der Waals surface area contributed by atoms with Gasteiger partial charge >= 0.3 is 5.97 Å². The Balaban J connectivity index is 1.93. The van der Waals surface area contributed by atoms with E-state index in [1.165, 1.54) is 16.8 Å². The largest absolute Gasteiger partial charge is 0.476 e. The van der Waals surface area contributed by atoms with E-state index in [4.69, 9.17) is 10.5 Å². The van der Waals surface area contributed by atoms with Crippen molar-refractivity contribution in [2.24, 2.45) is 4.99 Å². The van der Waals surface area contributed by atoms with E-state index in [-0.39, 0.29) is 11.2 Å². The fourth-order valence-corrected chi connectivity index (χ4v) is 2.65. The van der Waals surface area contributed by atoms with E-state index < -0.39 is 5.97 Å². The van der Waals surface area contributed by atoms with Gasteiger partial charge in [-0.05, 0) is 39.7 Å². The van der Waals surface area contributed by atoms with Gasteiger partial charge in [-0.15, -0.1) is 0 Å². The lowest BCUT2D eigenvalue weighted by atomic mass is 10.1. The van der Waals surface area contributed by atoms with Crippen molar-refractivity contribution in [3.05, 3.63) is 70.0 Å². The smallest absolute Gasteiger partial charge is 0.356 e. The molecule has 136 valence electrons. The summed E-state index contributed by atoms with van der Waals surface area (Å²) in [6, 6.07) is 10.3. The summed E-state index contributed by atoms with van der Waals surface area (Å²) in [6.45, 7) is 0. The molecule has 0 aliphatic carbocycles. The van der Waals surface area contributed by atoms with Crippen molar-refractivity contribution in [1.29, 1.82) is 5.41 Å². The Hall–Kier alpha value is -3.20. The third-order valence-corrected chi connectivity index (χ3v) is 4.13. The lowest BCUT2D eigenvalue weighted by Crippen LogP contribution is -2.32. The molecule has 0 spiro atoms. The molecule has 0 unspecified atom stereocenters. The molecule has 1 aromatic carbocycles. The molecule has 0 amide bonds. The molecule has 3 rings (SSSR count). The molecule has 2 heterocycles. The van der Waals surface area contributed by atoms with Crippen LogP contribution in [0, 0.1) is 5.41 Å². The number of halogens is 1. The molecule has 3 aromatic rings. The molecular weight excluding hydrogens is 412 g/mol. The highest BCUT2D eigenvalue weighted by molar-refractivity contribution is 9.10. The number of nitrogens with zero attached hydrogens (tertiary/aromatic N) is 5. The predicted octanol–water partition coefficient (Wildman–Crippen LogP) is 2.40. The third kappa shape index (κ3) is 4.32. The van der Waals surface area contributed by atoms with E-state index >= 15 is 0 Å². The minimum absolute atomic E-state index is 0.0491. The number of nitrogens with one attached hydrogen (secondary N) is 1. The van der Waals surface area contributed by atoms with Crippen LogP contribution < -0.4 is 5.49 Å². The fourth-order valence-electron chi connectivity index (χ4n) is 2.45. The third-order valence-electron chi connectivity index (χ3n) is 3.72. The van der Waals surface area contributed by atoms with Gasteiger partial charge in [-0.1, -0.05) is 18.2 Å². The molecule has 0 aliphatic heterocycles. The number of benzene rings is 1. The summed E-state index contributed by atoms with van der Waals surface area (Å²) in [4.78, 5) is 23.9. The van der Waals surface area contributed by atoms with Crippen LogP contribution in [-0.2, 0) is 6.42 Å². The van der Waals surface area contributed by atoms with Crippen LogP contribution in [0.15, 0.2) is 58.3 Å². The maximum atomic E-state index is 11.2. The van der Waals surface area contributed by atoms with Crippen LogP contribution in [0.1, 0.15) is 16.1 Å². The molecule has 8 nitrogen and oxygen atoms in total. The van der Waals surface area contributed by atoms with Crippen molar-refractivity contribution in [3.8, 4) is 11.4 Å². The van der Waals surface area contributed by atoms with E-state index in [0.29, 0.717) is 18.1 Å². The quantitative estimate of drug-likeness (QED) is 0.490. The second-order valence-corrected chi connectivity index (χ2v) is 6.48. The summed E-state index contributed by atoms with van der Waals surface area (Å²) >= 11 is 3.31. The van der Waals surface area contributed by atoms with Crippen molar-refractivity contribution < 1.29 is 9.90 Å². The van der Waals surface area contributed by atoms with Gasteiger partial charge in [0.2, 0.25) is 0 Å². The number of carbonyl (C=O) groups is 1. The Bertz CT molecular complexity index is 1080. The first-order valence-electron chi connectivity index (χ1n) is 7.89. The highest BCUT2D eigenvalue weighted by Gasteiger charge is 2.11. The SMILES string of the molecule is CN=C(Cc1cccc(-c2ncc(Br)cn2)c1)n1nc(C(=O)O)ccc1=N. The molecule has 2 N–H and O–H groups in total. The molecule has 0 aliphatic rings. The summed E-state index contributed by atoms with van der Waals surface area (Å²) in [7, 11) is 1.58. The lowest BCUT2D eigenvalue weighted by Gasteiger charge is -2.10. The number of rotatable bonds is 4. The molecule has 0 fully saturated rings. The highest BCUT2D eigenvalue weighted by atomic mass is 79.9. The molecule has 0 bridgehead atoms. The standard InChI is InChI=1S/C18H15BrN6O2/c1-21-16(25-15(20)6-5-14(24-25)18(26)27)8-11-3-2-4-12(7-11)17-22-9-13(19)10-23-17/h2-7,9-10,20H,8H2,1H3,(H,26,27). The second-order valence-electron chi connectivity index (χ2n) is 5.56. The van der Waals surface area contributed by atoms with Gasteiger partial charge in [-0.25, -0.2) is 19.4 Å². The number of aliphatic imine (C=N–C) groups is 1. The van der Waals surface area contributed by atoms with Gasteiger partial charge in [0.25, 0.3) is 0 Å². The van der Waals surface area contributed by atoms with Gasteiger partial charge in [0.15, 0.2) is 11.5 Å². The topological polar surface area (TPSA) is 117 Å². The van der Waals surface area contributed by atoms with Crippen LogP contribution in [0.5, 0.6) is 0 Å². The van der Waals surface area contributed by atoms with E-state index in [1.54, 1.807) is 19.4 Å². The molecule has 0 atom stereocenters. The van der Waals surface area contributed by atoms with Crippen molar-refractivity contribution in [1.82, 2.24) is 19.7 Å². The monoisotopic (exact) mass is 426 g/mol. The molecule has 27 heavy (non-hydrogen) atoms. The van der Waals surface area contributed by atoms with Crippen LogP contribution in [0.25, 0.3) is 11.4 Å². The molecular formula is C18H15BrN6O2. The number of carboxylic acids is 1. The zero-order chi connectivity index (χ0) is 19.4. The number of aromatic carboxylic acids is 1. The van der Waals surface area contributed by atoms with Gasteiger partial charge in [0, 0.05) is 31.4 Å². The van der Waals surface area contributed by atoms with Crippen LogP contribution in [0.2, 0.25) is 0 Å². The molecule has 2 aromatic heterocycles. The average molecular weight is 427 g/mol. The van der Waals surface area contributed by atoms with Gasteiger partial charge in [0.05, 0.1) is 4.47 Å². The first kappa shape index (κ1) is 18.6. The number of carboxylic acid groups (broad SMARTS) is 1. The predicted molar refractivity (Wildman–Crippen MR) is 103 cm³/mol. The summed E-state index contributed by atoms with van der Waals surface area (Å²) in [6.07, 6.45) is 3.72. The van der Waals surface area contributed by atoms with Gasteiger partial charge < -0.3 is 5.11 Å². The summed E-state index contributed by atoms with van der Waals surface area (Å²) in [5, 5.41) is 21.1. The van der Waals surface area contributed by atoms with Crippen LogP contribution in [0.3, 0.4) is 0 Å². The summed E-state index contributed by atoms with van der Waals surface area (Å²) in [5.74, 6) is -0.111. The maximum absolute atomic E-state index is 11.2. The van der Waals surface area contributed by atoms with Gasteiger partial charge in [-0.3, -0.25) is 10.4 Å². The van der Waals surface area contributed by atoms with Crippen LogP contribution in [-0.4, -0.2) is 43.7 Å².